The Balaban J connectivity index is 1.78. The molecular weight excluding hydrogens is 391 g/mol. The van der Waals surface area contributed by atoms with Gasteiger partial charge in [0.2, 0.25) is 6.54 Å². The zero-order valence-corrected chi connectivity index (χ0v) is 16.8. The number of carbonyl (C=O) groups excluding carboxylic acids is 1. The van der Waals surface area contributed by atoms with Crippen molar-refractivity contribution in [1.29, 1.82) is 0 Å². The molecule has 0 radical (unpaired) electrons. The van der Waals surface area contributed by atoms with Gasteiger partial charge in [-0.05, 0) is 24.0 Å². The molecule has 0 atom stereocenters. The Morgan fingerprint density at radius 1 is 1.07 bits per heavy atom. The van der Waals surface area contributed by atoms with Gasteiger partial charge in [-0.25, -0.2) is 0 Å². The van der Waals surface area contributed by atoms with Gasteiger partial charge in [-0.2, -0.15) is 17.7 Å². The summed E-state index contributed by atoms with van der Waals surface area (Å²) in [6.45, 7) is 3.07. The van der Waals surface area contributed by atoms with Crippen molar-refractivity contribution in [3.63, 3.8) is 0 Å². The van der Waals surface area contributed by atoms with E-state index in [-0.39, 0.29) is 11.2 Å². The van der Waals surface area contributed by atoms with E-state index >= 15 is 0 Å². The standard InChI is InChI=1S/C23H22F3N3O/c1-22(2)12-17-19(18(30)13-22)21(27-16-6-4-3-5-7-16)20(28-17)15-8-10-29(11-9-15)14-23(24,25)26/h3-11H,12-14H2,1-2H3,(H,27,28,30)/p+1. The fraction of sp³-hybridized carbons (Fsp3) is 0.304. The highest BCUT2D eigenvalue weighted by Gasteiger charge is 2.36. The molecule has 0 bridgehead atoms. The minimum atomic E-state index is -4.28. The van der Waals surface area contributed by atoms with E-state index in [2.05, 4.69) is 24.1 Å². The zero-order chi connectivity index (χ0) is 21.5. The summed E-state index contributed by atoms with van der Waals surface area (Å²) in [5.41, 5.74) is 4.27. The number of aromatic nitrogens is 2. The average Bonchev–Trinajstić information content (AvgIpc) is 2.99. The predicted octanol–water partition coefficient (Wildman–Crippen LogP) is 5.43. The number of benzene rings is 1. The number of fused-ring (bicyclic) bond motifs is 1. The van der Waals surface area contributed by atoms with E-state index in [1.54, 1.807) is 12.1 Å². The molecule has 156 valence electrons. The van der Waals surface area contributed by atoms with Gasteiger partial charge in [0.15, 0.2) is 18.2 Å². The van der Waals surface area contributed by atoms with Gasteiger partial charge < -0.3 is 10.3 Å². The number of nitrogens with one attached hydrogen (secondary N) is 2. The van der Waals surface area contributed by atoms with Crippen LogP contribution in [0, 0.1) is 5.41 Å². The lowest BCUT2D eigenvalue weighted by Gasteiger charge is -2.28. The van der Waals surface area contributed by atoms with Gasteiger partial charge in [0, 0.05) is 35.5 Å². The first-order valence-corrected chi connectivity index (χ1v) is 9.78. The highest BCUT2D eigenvalue weighted by molar-refractivity contribution is 6.07. The van der Waals surface area contributed by atoms with Crippen LogP contribution in [0.5, 0.6) is 0 Å². The lowest BCUT2D eigenvalue weighted by atomic mass is 9.76. The molecule has 1 aliphatic rings. The molecule has 4 rings (SSSR count). The second-order valence-corrected chi connectivity index (χ2v) is 8.53. The molecule has 3 aromatic rings. The van der Waals surface area contributed by atoms with Gasteiger partial charge in [0.05, 0.1) is 16.9 Å². The summed E-state index contributed by atoms with van der Waals surface area (Å²) in [5, 5.41) is 3.35. The van der Waals surface area contributed by atoms with Crippen molar-refractivity contribution < 1.29 is 22.5 Å². The van der Waals surface area contributed by atoms with E-state index in [1.807, 2.05) is 30.3 Å². The Kier molecular flexibility index (Phi) is 4.92. The summed E-state index contributed by atoms with van der Waals surface area (Å²) in [6, 6.07) is 12.8. The molecule has 0 saturated heterocycles. The molecule has 7 heteroatoms. The van der Waals surface area contributed by atoms with E-state index in [0.29, 0.717) is 28.9 Å². The number of carbonyl (C=O) groups is 1. The monoisotopic (exact) mass is 414 g/mol. The number of anilines is 2. The van der Waals surface area contributed by atoms with E-state index in [0.717, 1.165) is 22.4 Å². The van der Waals surface area contributed by atoms with E-state index in [9.17, 15) is 18.0 Å². The Hall–Kier alpha value is -3.09. The Bertz CT molecular complexity index is 1070. The van der Waals surface area contributed by atoms with Crippen LogP contribution in [0.25, 0.3) is 11.3 Å². The fourth-order valence-electron chi connectivity index (χ4n) is 4.00. The molecule has 30 heavy (non-hydrogen) atoms. The van der Waals surface area contributed by atoms with Crippen molar-refractivity contribution in [1.82, 2.24) is 4.98 Å². The number of pyridine rings is 1. The smallest absolute Gasteiger partial charge is 0.356 e. The van der Waals surface area contributed by atoms with Crippen LogP contribution >= 0.6 is 0 Å². The van der Waals surface area contributed by atoms with Gasteiger partial charge in [-0.3, -0.25) is 4.79 Å². The van der Waals surface area contributed by atoms with Gasteiger partial charge in [0.1, 0.15) is 0 Å². The number of hydrogen-bond donors (Lipinski definition) is 2. The third kappa shape index (κ3) is 4.25. The van der Waals surface area contributed by atoms with E-state index in [4.69, 9.17) is 0 Å². The number of Topliss-reactive ketones (excluding diaryl/α,β-unsaturated/α-hetero) is 1. The third-order valence-electron chi connectivity index (χ3n) is 5.24. The largest absolute Gasteiger partial charge is 0.448 e. The molecular formula is C23H23F3N3O+. The molecule has 1 aromatic carbocycles. The van der Waals surface area contributed by atoms with Gasteiger partial charge >= 0.3 is 6.18 Å². The molecule has 0 unspecified atom stereocenters. The zero-order valence-electron chi connectivity index (χ0n) is 16.8. The first-order valence-electron chi connectivity index (χ1n) is 9.78. The van der Waals surface area contributed by atoms with Gasteiger partial charge in [-0.15, -0.1) is 0 Å². The molecule has 2 N–H and O–H groups in total. The number of ketones is 1. The highest BCUT2D eigenvalue weighted by atomic mass is 19.4. The van der Waals surface area contributed by atoms with Crippen LogP contribution in [0.15, 0.2) is 54.9 Å². The molecule has 4 nitrogen and oxygen atoms in total. The Morgan fingerprint density at radius 3 is 2.37 bits per heavy atom. The molecule has 1 aliphatic carbocycles. The molecule has 2 aromatic heterocycles. The second kappa shape index (κ2) is 7.31. The quantitative estimate of drug-likeness (QED) is 0.560. The minimum absolute atomic E-state index is 0.0604. The lowest BCUT2D eigenvalue weighted by Crippen LogP contribution is -2.40. The van der Waals surface area contributed by atoms with E-state index in [1.165, 1.54) is 12.4 Å². The van der Waals surface area contributed by atoms with Crippen molar-refractivity contribution in [3.8, 4) is 11.3 Å². The maximum absolute atomic E-state index is 13.0. The van der Waals surface area contributed by atoms with Crippen LogP contribution in [0.2, 0.25) is 0 Å². The molecule has 0 aliphatic heterocycles. The van der Waals surface area contributed by atoms with Gasteiger partial charge in [-0.1, -0.05) is 32.0 Å². The molecule has 2 heterocycles. The Labute approximate surface area is 172 Å². The first-order chi connectivity index (χ1) is 14.1. The predicted molar refractivity (Wildman–Crippen MR) is 109 cm³/mol. The van der Waals surface area contributed by atoms with Crippen molar-refractivity contribution in [2.24, 2.45) is 5.41 Å². The summed E-state index contributed by atoms with van der Waals surface area (Å²) < 4.78 is 39.1. The number of alkyl halides is 3. The molecule has 0 amide bonds. The van der Waals surface area contributed by atoms with Crippen LogP contribution in [-0.4, -0.2) is 16.9 Å². The minimum Gasteiger partial charge on any atom is -0.356 e. The maximum atomic E-state index is 13.0. The normalized spacial score (nSPS) is 15.7. The van der Waals surface area contributed by atoms with E-state index < -0.39 is 12.7 Å². The van der Waals surface area contributed by atoms with Crippen molar-refractivity contribution in [2.45, 2.75) is 39.4 Å². The summed E-state index contributed by atoms with van der Waals surface area (Å²) >= 11 is 0. The van der Waals surface area contributed by atoms with Crippen molar-refractivity contribution in [3.05, 3.63) is 66.1 Å². The van der Waals surface area contributed by atoms with Crippen molar-refractivity contribution in [2.75, 3.05) is 5.32 Å². The van der Waals surface area contributed by atoms with Crippen LogP contribution < -0.4 is 9.88 Å². The number of rotatable bonds is 4. The molecule has 0 fully saturated rings. The summed E-state index contributed by atoms with van der Waals surface area (Å²) in [6.07, 6.45) is -0.309. The number of H-pyrrole nitrogens is 1. The fourth-order valence-corrected chi connectivity index (χ4v) is 4.00. The molecule has 0 spiro atoms. The van der Waals surface area contributed by atoms with Crippen LogP contribution in [0.4, 0.5) is 24.5 Å². The van der Waals surface area contributed by atoms with Gasteiger partial charge in [0.25, 0.3) is 0 Å². The first kappa shape index (κ1) is 20.2. The molecule has 0 saturated carbocycles. The topological polar surface area (TPSA) is 48.8 Å². The average molecular weight is 414 g/mol. The summed E-state index contributed by atoms with van der Waals surface area (Å²) in [7, 11) is 0. The maximum Gasteiger partial charge on any atom is 0.448 e. The second-order valence-electron chi connectivity index (χ2n) is 8.53. The van der Waals surface area contributed by atoms with Crippen molar-refractivity contribution >= 4 is 17.2 Å². The summed E-state index contributed by atoms with van der Waals surface area (Å²) in [4.78, 5) is 16.4. The van der Waals surface area contributed by atoms with Crippen LogP contribution in [0.3, 0.4) is 0 Å². The number of hydrogen-bond acceptors (Lipinski definition) is 2. The number of halogens is 3. The van der Waals surface area contributed by atoms with Crippen LogP contribution in [0.1, 0.15) is 36.3 Å². The number of para-hydroxylation sites is 1. The van der Waals surface area contributed by atoms with Crippen LogP contribution in [-0.2, 0) is 13.0 Å². The SMILES string of the molecule is CC1(C)CC(=O)c2c([nH]c(-c3cc[n+](CC(F)(F)F)cc3)c2Nc2ccccc2)C1. The lowest BCUT2D eigenvalue weighted by molar-refractivity contribution is -0.719. The number of aromatic amines is 1. The highest BCUT2D eigenvalue weighted by Crippen LogP contribution is 2.43. The summed E-state index contributed by atoms with van der Waals surface area (Å²) in [5.74, 6) is 0.0604. The number of nitrogens with zero attached hydrogens (tertiary/aromatic N) is 1. The Morgan fingerprint density at radius 2 is 1.73 bits per heavy atom. The third-order valence-corrected chi connectivity index (χ3v) is 5.24.